The normalized spacial score (nSPS) is 22.1. The van der Waals surface area contributed by atoms with Crippen molar-refractivity contribution in [3.8, 4) is 0 Å². The topological polar surface area (TPSA) is 58.9 Å². The largest absolute Gasteiger partial charge is 0.394 e. The number of hydrogen-bond donors (Lipinski definition) is 2. The summed E-state index contributed by atoms with van der Waals surface area (Å²) in [5, 5.41) is 15.2. The molecule has 0 radical (unpaired) electrons. The number of aliphatic hydroxyl groups is 2. The lowest BCUT2D eigenvalue weighted by molar-refractivity contribution is -0.0334. The van der Waals surface area contributed by atoms with Gasteiger partial charge in [0, 0.05) is 0 Å². The monoisotopic (exact) mass is 400 g/mol. The average molecular weight is 401 g/mol. The second kappa shape index (κ2) is 20.1. The maximum atomic E-state index is 7.62. The summed E-state index contributed by atoms with van der Waals surface area (Å²) in [7, 11) is 0. The molecule has 0 atom stereocenters. The SMILES string of the molecule is C1CCCCC(OCCOC2CCCCCCCCC2)CCCC1.OCCO. The van der Waals surface area contributed by atoms with Crippen molar-refractivity contribution in [1.82, 2.24) is 0 Å². The summed E-state index contributed by atoms with van der Waals surface area (Å²) in [6.45, 7) is 1.36. The summed E-state index contributed by atoms with van der Waals surface area (Å²) >= 11 is 0. The van der Waals surface area contributed by atoms with Crippen molar-refractivity contribution >= 4 is 0 Å². The summed E-state index contributed by atoms with van der Waals surface area (Å²) in [4.78, 5) is 0. The van der Waals surface area contributed by atoms with Gasteiger partial charge >= 0.3 is 0 Å². The predicted octanol–water partition coefficient (Wildman–Crippen LogP) is 5.78. The summed E-state index contributed by atoms with van der Waals surface area (Å²) < 4.78 is 12.4. The third kappa shape index (κ3) is 15.7. The maximum Gasteiger partial charge on any atom is 0.0704 e. The molecule has 0 amide bonds. The van der Waals surface area contributed by atoms with Crippen LogP contribution in [0.4, 0.5) is 0 Å². The maximum absolute atomic E-state index is 7.62. The molecule has 2 aliphatic carbocycles. The van der Waals surface area contributed by atoms with Crippen LogP contribution in [0.1, 0.15) is 116 Å². The van der Waals surface area contributed by atoms with Crippen LogP contribution in [0, 0.1) is 0 Å². The lowest BCUT2D eigenvalue weighted by Crippen LogP contribution is -2.20. The smallest absolute Gasteiger partial charge is 0.0704 e. The number of rotatable bonds is 6. The van der Waals surface area contributed by atoms with Crippen molar-refractivity contribution in [2.45, 2.75) is 128 Å². The van der Waals surface area contributed by atoms with Gasteiger partial charge in [-0.3, -0.25) is 0 Å². The molecule has 0 spiro atoms. The first-order valence-corrected chi connectivity index (χ1v) is 12.3. The molecule has 0 aromatic heterocycles. The molecule has 2 N–H and O–H groups in total. The Hall–Kier alpha value is -0.160. The van der Waals surface area contributed by atoms with Crippen LogP contribution in [0.15, 0.2) is 0 Å². The van der Waals surface area contributed by atoms with Gasteiger partial charge in [0.2, 0.25) is 0 Å². The minimum absolute atomic E-state index is 0.125. The standard InChI is InChI=1S/C22H42O2.C2H6O2/c1-3-7-11-15-21(16-12-8-4-1)23-19-20-24-22-17-13-9-5-2-6-10-14-18-22;3-1-2-4/h21-22H,1-20H2;3-4H,1-2H2. The van der Waals surface area contributed by atoms with Crippen molar-refractivity contribution < 1.29 is 19.7 Å². The number of hydrogen-bond acceptors (Lipinski definition) is 4. The van der Waals surface area contributed by atoms with Crippen LogP contribution in [0.25, 0.3) is 0 Å². The minimum Gasteiger partial charge on any atom is -0.394 e. The molecule has 0 aromatic carbocycles. The Morgan fingerprint density at radius 2 is 0.679 bits per heavy atom. The molecule has 0 bridgehead atoms. The fourth-order valence-electron chi connectivity index (χ4n) is 4.31. The van der Waals surface area contributed by atoms with Gasteiger partial charge in [-0.05, 0) is 25.7 Å². The molecule has 2 saturated carbocycles. The molecule has 2 rings (SSSR count). The van der Waals surface area contributed by atoms with Crippen molar-refractivity contribution in [3.05, 3.63) is 0 Å². The Kier molecular flexibility index (Phi) is 18.6. The van der Waals surface area contributed by atoms with E-state index < -0.39 is 0 Å². The van der Waals surface area contributed by atoms with Crippen LogP contribution in [-0.2, 0) is 9.47 Å². The second-order valence-corrected chi connectivity index (χ2v) is 8.54. The Morgan fingerprint density at radius 3 is 0.929 bits per heavy atom. The van der Waals surface area contributed by atoms with Gasteiger partial charge in [-0.2, -0.15) is 0 Å². The lowest BCUT2D eigenvalue weighted by atomic mass is 9.99. The molecule has 0 unspecified atom stereocenters. The van der Waals surface area contributed by atoms with Crippen LogP contribution >= 0.6 is 0 Å². The third-order valence-electron chi connectivity index (χ3n) is 5.99. The van der Waals surface area contributed by atoms with Gasteiger partial charge in [0.05, 0.1) is 38.6 Å². The van der Waals surface area contributed by atoms with Crippen LogP contribution in [0.3, 0.4) is 0 Å². The highest BCUT2D eigenvalue weighted by atomic mass is 16.5. The first kappa shape index (κ1) is 25.9. The Bertz CT molecular complexity index is 261. The van der Waals surface area contributed by atoms with Gasteiger partial charge < -0.3 is 19.7 Å². The van der Waals surface area contributed by atoms with Crippen LogP contribution in [-0.4, -0.2) is 48.8 Å². The quantitative estimate of drug-likeness (QED) is 0.555. The molecule has 0 aliphatic heterocycles. The van der Waals surface area contributed by atoms with E-state index in [1.165, 1.54) is 116 Å². The average Bonchev–Trinajstić information content (AvgIpc) is 2.74. The fourth-order valence-corrected chi connectivity index (χ4v) is 4.31. The van der Waals surface area contributed by atoms with Crippen molar-refractivity contribution in [2.24, 2.45) is 0 Å². The van der Waals surface area contributed by atoms with Crippen molar-refractivity contribution in [1.29, 1.82) is 0 Å². The molecule has 0 saturated heterocycles. The molecule has 4 nitrogen and oxygen atoms in total. The number of aliphatic hydroxyl groups excluding tert-OH is 2. The minimum atomic E-state index is -0.125. The molecule has 2 fully saturated rings. The van der Waals surface area contributed by atoms with E-state index in [0.717, 1.165) is 13.2 Å². The molecule has 4 heteroatoms. The molecule has 168 valence electrons. The van der Waals surface area contributed by atoms with E-state index in [9.17, 15) is 0 Å². The van der Waals surface area contributed by atoms with Crippen LogP contribution < -0.4 is 0 Å². The highest BCUT2D eigenvalue weighted by molar-refractivity contribution is 4.64. The zero-order valence-electron chi connectivity index (χ0n) is 18.4. The fraction of sp³-hybridized carbons (Fsp3) is 1.00. The highest BCUT2D eigenvalue weighted by Crippen LogP contribution is 2.20. The summed E-state index contributed by atoms with van der Waals surface area (Å²) in [6, 6.07) is 0. The number of ether oxygens (including phenoxy) is 2. The van der Waals surface area contributed by atoms with Gasteiger partial charge in [0.1, 0.15) is 0 Å². The summed E-state index contributed by atoms with van der Waals surface area (Å²) in [5.74, 6) is 0. The van der Waals surface area contributed by atoms with Crippen LogP contribution in [0.2, 0.25) is 0 Å². The van der Waals surface area contributed by atoms with Gasteiger partial charge in [0.25, 0.3) is 0 Å². The molecular weight excluding hydrogens is 352 g/mol. The van der Waals surface area contributed by atoms with E-state index in [0.29, 0.717) is 12.2 Å². The summed E-state index contributed by atoms with van der Waals surface area (Å²) in [6.07, 6.45) is 25.7. The molecule has 0 aromatic rings. The second-order valence-electron chi connectivity index (χ2n) is 8.54. The molecule has 28 heavy (non-hydrogen) atoms. The van der Waals surface area contributed by atoms with Crippen molar-refractivity contribution in [2.75, 3.05) is 26.4 Å². The van der Waals surface area contributed by atoms with E-state index in [1.807, 2.05) is 0 Å². The molecule has 0 heterocycles. The summed E-state index contributed by atoms with van der Waals surface area (Å²) in [5.41, 5.74) is 0. The van der Waals surface area contributed by atoms with E-state index >= 15 is 0 Å². The van der Waals surface area contributed by atoms with E-state index in [1.54, 1.807) is 0 Å². The van der Waals surface area contributed by atoms with E-state index in [-0.39, 0.29) is 13.2 Å². The van der Waals surface area contributed by atoms with Gasteiger partial charge in [-0.15, -0.1) is 0 Å². The van der Waals surface area contributed by atoms with Gasteiger partial charge in [-0.25, -0.2) is 0 Å². The molecular formula is C24H48O4. The van der Waals surface area contributed by atoms with Gasteiger partial charge in [0.15, 0.2) is 0 Å². The van der Waals surface area contributed by atoms with Crippen molar-refractivity contribution in [3.63, 3.8) is 0 Å². The first-order valence-electron chi connectivity index (χ1n) is 12.3. The zero-order chi connectivity index (χ0) is 20.1. The predicted molar refractivity (Wildman–Crippen MR) is 117 cm³/mol. The Morgan fingerprint density at radius 1 is 0.429 bits per heavy atom. The zero-order valence-corrected chi connectivity index (χ0v) is 18.4. The Balaban J connectivity index is 0.000000892. The van der Waals surface area contributed by atoms with E-state index in [2.05, 4.69) is 0 Å². The van der Waals surface area contributed by atoms with Gasteiger partial charge in [-0.1, -0.05) is 89.9 Å². The third-order valence-corrected chi connectivity index (χ3v) is 5.99. The highest BCUT2D eigenvalue weighted by Gasteiger charge is 2.13. The van der Waals surface area contributed by atoms with E-state index in [4.69, 9.17) is 19.7 Å². The first-order chi connectivity index (χ1) is 13.9. The van der Waals surface area contributed by atoms with Crippen LogP contribution in [0.5, 0.6) is 0 Å². The Labute approximate surface area is 174 Å². The lowest BCUT2D eigenvalue weighted by Gasteiger charge is -2.22. The molecule has 2 aliphatic rings.